The maximum absolute atomic E-state index is 11.9. The maximum Gasteiger partial charge on any atom is 0.224 e. The molecule has 0 atom stereocenters. The molecular weight excluding hydrogens is 222 g/mol. The van der Waals surface area contributed by atoms with E-state index in [4.69, 9.17) is 0 Å². The summed E-state index contributed by atoms with van der Waals surface area (Å²) in [6, 6.07) is 4.22. The molecule has 1 aromatic rings. The molecule has 0 radical (unpaired) electrons. The predicted molar refractivity (Wildman–Crippen MR) is 78.0 cm³/mol. The summed E-state index contributed by atoms with van der Waals surface area (Å²) in [4.78, 5) is 11.9. The van der Waals surface area contributed by atoms with Gasteiger partial charge in [-0.25, -0.2) is 0 Å². The zero-order chi connectivity index (χ0) is 13.5. The lowest BCUT2D eigenvalue weighted by molar-refractivity contribution is -0.116. The fourth-order valence-electron chi connectivity index (χ4n) is 2.29. The Labute approximate surface area is 111 Å². The third-order valence-electron chi connectivity index (χ3n) is 3.20. The van der Waals surface area contributed by atoms with E-state index in [1.165, 1.54) is 18.4 Å². The number of nitrogens with one attached hydrogen (secondary N) is 1. The Morgan fingerprint density at radius 3 is 2.22 bits per heavy atom. The smallest absolute Gasteiger partial charge is 0.224 e. The number of aryl methyl sites for hydroxylation is 3. The molecule has 0 heterocycles. The van der Waals surface area contributed by atoms with Crippen molar-refractivity contribution in [3.05, 3.63) is 28.8 Å². The van der Waals surface area contributed by atoms with Crippen molar-refractivity contribution in [2.45, 2.75) is 59.8 Å². The van der Waals surface area contributed by atoms with Crippen LogP contribution in [-0.4, -0.2) is 5.91 Å². The molecule has 2 heteroatoms. The van der Waals surface area contributed by atoms with Crippen molar-refractivity contribution < 1.29 is 4.79 Å². The molecule has 0 aliphatic heterocycles. The summed E-state index contributed by atoms with van der Waals surface area (Å²) in [5.41, 5.74) is 4.52. The first-order valence-corrected chi connectivity index (χ1v) is 6.92. The highest BCUT2D eigenvalue weighted by Crippen LogP contribution is 2.22. The molecule has 0 saturated heterocycles. The SMILES string of the molecule is CCCCCCC(=O)Nc1c(C)cc(C)cc1C. The van der Waals surface area contributed by atoms with Crippen LogP contribution in [0.2, 0.25) is 0 Å². The van der Waals surface area contributed by atoms with Gasteiger partial charge in [0, 0.05) is 12.1 Å². The Balaban J connectivity index is 2.54. The molecular formula is C16H25NO. The number of carbonyl (C=O) groups is 1. The van der Waals surface area contributed by atoms with Gasteiger partial charge in [-0.05, 0) is 38.3 Å². The Bertz CT molecular complexity index is 387. The van der Waals surface area contributed by atoms with Crippen LogP contribution in [0.15, 0.2) is 12.1 Å². The van der Waals surface area contributed by atoms with Crippen LogP contribution in [0.3, 0.4) is 0 Å². The molecule has 1 aromatic carbocycles. The number of unbranched alkanes of at least 4 members (excludes halogenated alkanes) is 3. The Hall–Kier alpha value is -1.31. The molecule has 0 aliphatic carbocycles. The van der Waals surface area contributed by atoms with Crippen molar-refractivity contribution in [2.24, 2.45) is 0 Å². The molecule has 0 aromatic heterocycles. The summed E-state index contributed by atoms with van der Waals surface area (Å²) in [5.74, 6) is 0.140. The highest BCUT2D eigenvalue weighted by Gasteiger charge is 2.07. The molecule has 0 unspecified atom stereocenters. The van der Waals surface area contributed by atoms with Gasteiger partial charge in [0.25, 0.3) is 0 Å². The van der Waals surface area contributed by atoms with Gasteiger partial charge in [-0.1, -0.05) is 43.9 Å². The largest absolute Gasteiger partial charge is 0.326 e. The molecule has 1 amide bonds. The monoisotopic (exact) mass is 247 g/mol. The first-order chi connectivity index (χ1) is 8.54. The summed E-state index contributed by atoms with van der Waals surface area (Å²) in [5, 5.41) is 3.04. The molecule has 1 rings (SSSR count). The average molecular weight is 247 g/mol. The van der Waals surface area contributed by atoms with Crippen LogP contribution in [0.25, 0.3) is 0 Å². The molecule has 0 aliphatic rings. The topological polar surface area (TPSA) is 29.1 Å². The van der Waals surface area contributed by atoms with Gasteiger partial charge in [-0.3, -0.25) is 4.79 Å². The molecule has 1 N–H and O–H groups in total. The van der Waals surface area contributed by atoms with E-state index in [-0.39, 0.29) is 5.91 Å². The third-order valence-corrected chi connectivity index (χ3v) is 3.20. The second-order valence-corrected chi connectivity index (χ2v) is 5.13. The zero-order valence-corrected chi connectivity index (χ0v) is 12.1. The Morgan fingerprint density at radius 1 is 1.06 bits per heavy atom. The third kappa shape index (κ3) is 4.52. The van der Waals surface area contributed by atoms with Crippen molar-refractivity contribution in [2.75, 3.05) is 5.32 Å². The highest BCUT2D eigenvalue weighted by molar-refractivity contribution is 5.92. The summed E-state index contributed by atoms with van der Waals surface area (Å²) in [6.45, 7) is 8.36. The lowest BCUT2D eigenvalue weighted by Crippen LogP contribution is -2.13. The number of hydrogen-bond acceptors (Lipinski definition) is 1. The fraction of sp³-hybridized carbons (Fsp3) is 0.562. The van der Waals surface area contributed by atoms with Crippen LogP contribution >= 0.6 is 0 Å². The van der Waals surface area contributed by atoms with Gasteiger partial charge in [0.05, 0.1) is 0 Å². The first kappa shape index (κ1) is 14.7. The Morgan fingerprint density at radius 2 is 1.67 bits per heavy atom. The summed E-state index contributed by atoms with van der Waals surface area (Å²) < 4.78 is 0. The normalized spacial score (nSPS) is 10.4. The number of rotatable bonds is 6. The Kier molecular flexibility index (Phi) is 5.90. The summed E-state index contributed by atoms with van der Waals surface area (Å²) in [6.07, 6.45) is 5.19. The lowest BCUT2D eigenvalue weighted by Gasteiger charge is -2.12. The van der Waals surface area contributed by atoms with Crippen LogP contribution in [0.1, 0.15) is 55.7 Å². The van der Waals surface area contributed by atoms with Gasteiger partial charge in [-0.2, -0.15) is 0 Å². The second-order valence-electron chi connectivity index (χ2n) is 5.13. The van der Waals surface area contributed by atoms with Crippen LogP contribution in [-0.2, 0) is 4.79 Å². The van der Waals surface area contributed by atoms with Crippen molar-refractivity contribution in [1.29, 1.82) is 0 Å². The predicted octanol–water partition coefficient (Wildman–Crippen LogP) is 4.52. The average Bonchev–Trinajstić information content (AvgIpc) is 2.29. The lowest BCUT2D eigenvalue weighted by atomic mass is 10.0. The van der Waals surface area contributed by atoms with Gasteiger partial charge in [0.1, 0.15) is 0 Å². The minimum atomic E-state index is 0.140. The van der Waals surface area contributed by atoms with Gasteiger partial charge >= 0.3 is 0 Å². The molecule has 0 spiro atoms. The van der Waals surface area contributed by atoms with Crippen LogP contribution in [0.4, 0.5) is 5.69 Å². The van der Waals surface area contributed by atoms with Gasteiger partial charge in [-0.15, -0.1) is 0 Å². The molecule has 100 valence electrons. The van der Waals surface area contributed by atoms with E-state index in [2.05, 4.69) is 31.3 Å². The van der Waals surface area contributed by atoms with E-state index in [1.807, 2.05) is 13.8 Å². The second kappa shape index (κ2) is 7.20. The quantitative estimate of drug-likeness (QED) is 0.736. The van der Waals surface area contributed by atoms with Gasteiger partial charge in [0.15, 0.2) is 0 Å². The zero-order valence-electron chi connectivity index (χ0n) is 12.1. The summed E-state index contributed by atoms with van der Waals surface area (Å²) >= 11 is 0. The van der Waals surface area contributed by atoms with Gasteiger partial charge < -0.3 is 5.32 Å². The van der Waals surface area contributed by atoms with Crippen LogP contribution in [0.5, 0.6) is 0 Å². The summed E-state index contributed by atoms with van der Waals surface area (Å²) in [7, 11) is 0. The first-order valence-electron chi connectivity index (χ1n) is 6.92. The van der Waals surface area contributed by atoms with Crippen molar-refractivity contribution >= 4 is 11.6 Å². The van der Waals surface area contributed by atoms with Gasteiger partial charge in [0.2, 0.25) is 5.91 Å². The molecule has 0 saturated carbocycles. The number of carbonyl (C=O) groups excluding carboxylic acids is 1. The maximum atomic E-state index is 11.9. The van der Waals surface area contributed by atoms with Crippen LogP contribution in [0, 0.1) is 20.8 Å². The standard InChI is InChI=1S/C16H25NO/c1-5-6-7-8-9-15(18)17-16-13(3)10-12(2)11-14(16)4/h10-11H,5-9H2,1-4H3,(H,17,18). The van der Waals surface area contributed by atoms with E-state index in [0.29, 0.717) is 6.42 Å². The molecule has 18 heavy (non-hydrogen) atoms. The fourth-order valence-corrected chi connectivity index (χ4v) is 2.29. The van der Waals surface area contributed by atoms with Crippen LogP contribution < -0.4 is 5.32 Å². The van der Waals surface area contributed by atoms with E-state index in [9.17, 15) is 4.79 Å². The van der Waals surface area contributed by atoms with Crippen molar-refractivity contribution in [1.82, 2.24) is 0 Å². The number of benzene rings is 1. The van der Waals surface area contributed by atoms with E-state index in [1.54, 1.807) is 0 Å². The minimum absolute atomic E-state index is 0.140. The highest BCUT2D eigenvalue weighted by atomic mass is 16.1. The molecule has 2 nitrogen and oxygen atoms in total. The van der Waals surface area contributed by atoms with Crippen molar-refractivity contribution in [3.8, 4) is 0 Å². The van der Waals surface area contributed by atoms with Crippen molar-refractivity contribution in [3.63, 3.8) is 0 Å². The number of amides is 1. The number of hydrogen-bond donors (Lipinski definition) is 1. The van der Waals surface area contributed by atoms with E-state index < -0.39 is 0 Å². The number of anilines is 1. The minimum Gasteiger partial charge on any atom is -0.326 e. The van der Waals surface area contributed by atoms with E-state index >= 15 is 0 Å². The van der Waals surface area contributed by atoms with E-state index in [0.717, 1.165) is 29.7 Å². The molecule has 0 fully saturated rings. The molecule has 0 bridgehead atoms.